The molecule has 0 aliphatic carbocycles. The number of amides is 1. The number of hydrogen-bond acceptors (Lipinski definition) is 6. The summed E-state index contributed by atoms with van der Waals surface area (Å²) in [5.74, 6) is -0.488. The quantitative estimate of drug-likeness (QED) is 0.277. The molecule has 0 bridgehead atoms. The summed E-state index contributed by atoms with van der Waals surface area (Å²) in [7, 11) is 0. The lowest BCUT2D eigenvalue weighted by atomic mass is 10.1. The zero-order valence-electron chi connectivity index (χ0n) is 15.8. The van der Waals surface area contributed by atoms with Gasteiger partial charge < -0.3 is 14.8 Å². The highest BCUT2D eigenvalue weighted by Crippen LogP contribution is 2.38. The third-order valence-corrected chi connectivity index (χ3v) is 4.60. The maximum atomic E-state index is 12.1. The van der Waals surface area contributed by atoms with Crippen LogP contribution in [0.5, 0.6) is 11.6 Å². The van der Waals surface area contributed by atoms with Gasteiger partial charge in [0.2, 0.25) is 5.88 Å². The molecular formula is C21H16N4O5. The minimum absolute atomic E-state index is 0.0455. The van der Waals surface area contributed by atoms with Gasteiger partial charge in [0.1, 0.15) is 5.75 Å². The van der Waals surface area contributed by atoms with Crippen LogP contribution < -0.4 is 4.74 Å². The van der Waals surface area contributed by atoms with E-state index >= 15 is 0 Å². The van der Waals surface area contributed by atoms with Crippen LogP contribution in [0.15, 0.2) is 64.8 Å². The molecule has 1 aromatic heterocycles. The average Bonchev–Trinajstić information content (AvgIpc) is 3.06. The maximum absolute atomic E-state index is 12.1. The van der Waals surface area contributed by atoms with E-state index in [0.29, 0.717) is 22.2 Å². The van der Waals surface area contributed by atoms with Gasteiger partial charge in [-0.3, -0.25) is 14.9 Å². The number of benzene rings is 3. The van der Waals surface area contributed by atoms with E-state index in [1.165, 1.54) is 12.1 Å². The molecule has 3 aromatic carbocycles. The number of aromatic amines is 1. The number of H-pyrrole nitrogens is 1. The predicted octanol–water partition coefficient (Wildman–Crippen LogP) is 4.93. The number of aromatic nitrogens is 1. The van der Waals surface area contributed by atoms with Gasteiger partial charge in [-0.2, -0.15) is 0 Å². The van der Waals surface area contributed by atoms with Crippen LogP contribution in [0, 0.1) is 17.0 Å². The van der Waals surface area contributed by atoms with Crippen molar-refractivity contribution in [3.05, 3.63) is 70.3 Å². The Bertz CT molecular complexity index is 1330. The third kappa shape index (κ3) is 3.68. The molecule has 1 amide bonds. The number of nitrogens with one attached hydrogen (secondary N) is 1. The van der Waals surface area contributed by atoms with E-state index in [-0.39, 0.29) is 23.9 Å². The second-order valence-electron chi connectivity index (χ2n) is 6.66. The molecule has 30 heavy (non-hydrogen) atoms. The second kappa shape index (κ2) is 7.63. The van der Waals surface area contributed by atoms with E-state index in [2.05, 4.69) is 15.2 Å². The number of non-ortho nitro benzene ring substituents is 1. The Morgan fingerprint density at radius 1 is 1.17 bits per heavy atom. The summed E-state index contributed by atoms with van der Waals surface area (Å²) in [5, 5.41) is 30.9. The smallest absolute Gasteiger partial charge is 0.302 e. The van der Waals surface area contributed by atoms with E-state index in [1.807, 2.05) is 36.4 Å². The lowest BCUT2D eigenvalue weighted by molar-refractivity contribution is -0.384. The molecule has 0 unspecified atom stereocenters. The van der Waals surface area contributed by atoms with Crippen molar-refractivity contribution < 1.29 is 19.6 Å². The summed E-state index contributed by atoms with van der Waals surface area (Å²) in [6.07, 6.45) is 0. The van der Waals surface area contributed by atoms with Crippen LogP contribution in [0.1, 0.15) is 5.56 Å². The van der Waals surface area contributed by atoms with E-state index in [9.17, 15) is 20.0 Å². The molecule has 0 spiro atoms. The lowest BCUT2D eigenvalue weighted by Gasteiger charge is -2.04. The van der Waals surface area contributed by atoms with Crippen LogP contribution >= 0.6 is 0 Å². The Hall–Kier alpha value is -4.27. The van der Waals surface area contributed by atoms with Crippen LogP contribution in [-0.2, 0) is 4.79 Å². The Morgan fingerprint density at radius 2 is 1.93 bits per heavy atom. The molecule has 150 valence electrons. The summed E-state index contributed by atoms with van der Waals surface area (Å²) in [6, 6.07) is 15.8. The normalized spacial score (nSPS) is 11.4. The largest absolute Gasteiger partial charge is 0.493 e. The van der Waals surface area contributed by atoms with E-state index in [1.54, 1.807) is 13.0 Å². The number of hydrogen-bond donors (Lipinski definition) is 2. The van der Waals surface area contributed by atoms with Crippen molar-refractivity contribution in [1.82, 2.24) is 4.98 Å². The molecule has 0 radical (unpaired) electrons. The first-order valence-electron chi connectivity index (χ1n) is 8.98. The number of ether oxygens (including phenoxy) is 1. The molecule has 2 N–H and O–H groups in total. The van der Waals surface area contributed by atoms with Crippen LogP contribution in [0.4, 0.5) is 11.4 Å². The van der Waals surface area contributed by atoms with Gasteiger partial charge in [-0.05, 0) is 35.4 Å². The number of rotatable bonds is 5. The minimum atomic E-state index is -0.668. The highest BCUT2D eigenvalue weighted by Gasteiger charge is 2.17. The molecule has 9 heteroatoms. The van der Waals surface area contributed by atoms with Crippen LogP contribution in [0.2, 0.25) is 0 Å². The number of nitro groups is 1. The number of carbonyl (C=O) groups is 1. The van der Waals surface area contributed by atoms with Crippen LogP contribution in [0.3, 0.4) is 0 Å². The van der Waals surface area contributed by atoms with Crippen molar-refractivity contribution in [1.29, 1.82) is 0 Å². The first kappa shape index (κ1) is 19.1. The van der Waals surface area contributed by atoms with Gasteiger partial charge in [-0.15, -0.1) is 10.2 Å². The van der Waals surface area contributed by atoms with Gasteiger partial charge in [0.25, 0.3) is 5.69 Å². The standard InChI is InChI=1S/C21H16N4O5/c1-12-8-15(25(28)29)10-17-19(12)22-21(27)20(17)24-23-18(26)11-30-16-7-6-13-4-2-3-5-14(13)9-16/h2-10,22,27H,11H2,1H3. The number of fused-ring (bicyclic) bond motifs is 2. The van der Waals surface area contributed by atoms with E-state index in [0.717, 1.165) is 10.8 Å². The van der Waals surface area contributed by atoms with Gasteiger partial charge >= 0.3 is 5.91 Å². The highest BCUT2D eigenvalue weighted by molar-refractivity contribution is 5.97. The molecule has 1 heterocycles. The fourth-order valence-electron chi connectivity index (χ4n) is 3.17. The van der Waals surface area contributed by atoms with Gasteiger partial charge in [0.05, 0.1) is 10.4 Å². The maximum Gasteiger partial charge on any atom is 0.302 e. The Balaban J connectivity index is 1.52. The minimum Gasteiger partial charge on any atom is -0.493 e. The Labute approximate surface area is 169 Å². The summed E-state index contributed by atoms with van der Waals surface area (Å²) >= 11 is 0. The number of carbonyl (C=O) groups excluding carboxylic acids is 1. The van der Waals surface area contributed by atoms with Gasteiger partial charge in [0.15, 0.2) is 12.3 Å². The number of nitrogens with zero attached hydrogens (tertiary/aromatic N) is 3. The van der Waals surface area contributed by atoms with Gasteiger partial charge in [-0.25, -0.2) is 0 Å². The summed E-state index contributed by atoms with van der Waals surface area (Å²) in [4.78, 5) is 25.3. The number of aromatic hydroxyl groups is 1. The number of aryl methyl sites for hydroxylation is 1. The van der Waals surface area contributed by atoms with Crippen molar-refractivity contribution in [3.8, 4) is 11.6 Å². The molecule has 0 saturated carbocycles. The summed E-state index contributed by atoms with van der Waals surface area (Å²) in [6.45, 7) is 1.32. The van der Waals surface area contributed by atoms with Crippen molar-refractivity contribution in [2.45, 2.75) is 6.92 Å². The first-order valence-corrected chi connectivity index (χ1v) is 8.98. The molecule has 0 aliphatic rings. The van der Waals surface area contributed by atoms with Crippen molar-refractivity contribution in [2.75, 3.05) is 6.61 Å². The molecule has 4 aromatic rings. The Kier molecular flexibility index (Phi) is 4.85. The fraction of sp³-hybridized carbons (Fsp3) is 0.0952. The number of nitro benzene ring substituents is 1. The van der Waals surface area contributed by atoms with Crippen molar-refractivity contribution in [3.63, 3.8) is 0 Å². The topological polar surface area (TPSA) is 130 Å². The fourth-order valence-corrected chi connectivity index (χ4v) is 3.17. The monoisotopic (exact) mass is 404 g/mol. The van der Waals surface area contributed by atoms with E-state index < -0.39 is 10.8 Å². The van der Waals surface area contributed by atoms with E-state index in [4.69, 9.17) is 4.74 Å². The molecule has 0 saturated heterocycles. The van der Waals surface area contributed by atoms with Crippen molar-refractivity contribution >= 4 is 39.0 Å². The van der Waals surface area contributed by atoms with Gasteiger partial charge in [-0.1, -0.05) is 30.3 Å². The molecule has 0 fully saturated rings. The molecule has 9 nitrogen and oxygen atoms in total. The SMILES string of the molecule is Cc1cc([N+](=O)[O-])cc2c(N=NC(=O)COc3ccc4ccccc4c3)c(O)[nH]c12. The zero-order chi connectivity index (χ0) is 21.3. The van der Waals surface area contributed by atoms with Crippen LogP contribution in [0.25, 0.3) is 21.7 Å². The van der Waals surface area contributed by atoms with Crippen molar-refractivity contribution in [2.24, 2.45) is 10.2 Å². The summed E-state index contributed by atoms with van der Waals surface area (Å²) < 4.78 is 5.47. The third-order valence-electron chi connectivity index (χ3n) is 4.60. The lowest BCUT2D eigenvalue weighted by Crippen LogP contribution is -2.07. The zero-order valence-corrected chi connectivity index (χ0v) is 15.8. The molecular weight excluding hydrogens is 388 g/mol. The summed E-state index contributed by atoms with van der Waals surface area (Å²) in [5.41, 5.74) is 0.839. The molecule has 0 atom stereocenters. The van der Waals surface area contributed by atoms with Crippen LogP contribution in [-0.4, -0.2) is 27.5 Å². The second-order valence-corrected chi connectivity index (χ2v) is 6.66. The first-order chi connectivity index (χ1) is 14.4. The number of azo groups is 1. The van der Waals surface area contributed by atoms with Gasteiger partial charge in [0, 0.05) is 17.5 Å². The predicted molar refractivity (Wildman–Crippen MR) is 110 cm³/mol. The Morgan fingerprint density at radius 3 is 2.70 bits per heavy atom. The molecule has 0 aliphatic heterocycles. The highest BCUT2D eigenvalue weighted by atomic mass is 16.6. The average molecular weight is 404 g/mol. The molecule has 4 rings (SSSR count).